The molecule has 0 atom stereocenters. The Morgan fingerprint density at radius 3 is 2.72 bits per heavy atom. The molecule has 0 aliphatic carbocycles. The van der Waals surface area contributed by atoms with Crippen LogP contribution >= 0.6 is 0 Å². The van der Waals surface area contributed by atoms with E-state index in [9.17, 15) is 9.59 Å². The number of nitrogens with zero attached hydrogens (tertiary/aromatic N) is 2. The van der Waals surface area contributed by atoms with Crippen molar-refractivity contribution in [2.75, 3.05) is 45.9 Å². The molecular weight excluding hydrogens is 318 g/mol. The van der Waals surface area contributed by atoms with Gasteiger partial charge < -0.3 is 15.0 Å². The molecule has 0 aromatic heterocycles. The van der Waals surface area contributed by atoms with Gasteiger partial charge in [0.15, 0.2) is 0 Å². The average molecular weight is 343 g/mol. The van der Waals surface area contributed by atoms with Gasteiger partial charge in [0.05, 0.1) is 19.7 Å². The zero-order valence-electron chi connectivity index (χ0n) is 14.4. The van der Waals surface area contributed by atoms with Crippen molar-refractivity contribution >= 4 is 11.8 Å². The minimum atomic E-state index is -0.0797. The number of ether oxygens (including phenoxy) is 1. The van der Waals surface area contributed by atoms with E-state index < -0.39 is 0 Å². The quantitative estimate of drug-likeness (QED) is 0.732. The van der Waals surface area contributed by atoms with Gasteiger partial charge in [-0.3, -0.25) is 14.5 Å². The Kier molecular flexibility index (Phi) is 7.96. The fraction of sp³-hybridized carbons (Fsp3) is 0.474. The second-order valence-electron chi connectivity index (χ2n) is 5.97. The minimum absolute atomic E-state index is 0.00503. The normalized spacial score (nSPS) is 15.2. The van der Waals surface area contributed by atoms with Crippen LogP contribution in [0.25, 0.3) is 0 Å². The summed E-state index contributed by atoms with van der Waals surface area (Å²) in [5.41, 5.74) is 1.05. The summed E-state index contributed by atoms with van der Waals surface area (Å²) in [6.45, 7) is 3.83. The van der Waals surface area contributed by atoms with Gasteiger partial charge in [0.25, 0.3) is 0 Å². The Labute approximate surface area is 149 Å². The number of rotatable bonds is 7. The van der Waals surface area contributed by atoms with Gasteiger partial charge in [0, 0.05) is 26.2 Å². The first-order valence-electron chi connectivity index (χ1n) is 8.51. The van der Waals surface area contributed by atoms with Crippen LogP contribution in [0, 0.1) is 12.3 Å². The highest BCUT2D eigenvalue weighted by Gasteiger charge is 2.20. The van der Waals surface area contributed by atoms with Crippen LogP contribution in [0.3, 0.4) is 0 Å². The van der Waals surface area contributed by atoms with Crippen molar-refractivity contribution in [3.8, 4) is 12.3 Å². The number of amides is 2. The molecule has 0 saturated carbocycles. The van der Waals surface area contributed by atoms with E-state index in [1.165, 1.54) is 0 Å². The molecule has 0 spiro atoms. The van der Waals surface area contributed by atoms with Crippen LogP contribution in [0.2, 0.25) is 0 Å². The summed E-state index contributed by atoms with van der Waals surface area (Å²) in [5.74, 6) is 2.30. The van der Waals surface area contributed by atoms with Crippen molar-refractivity contribution in [1.82, 2.24) is 15.1 Å². The maximum Gasteiger partial charge on any atom is 0.248 e. The van der Waals surface area contributed by atoms with Gasteiger partial charge in [-0.1, -0.05) is 36.3 Å². The lowest BCUT2D eigenvalue weighted by Gasteiger charge is -2.21. The van der Waals surface area contributed by atoms with Gasteiger partial charge in [0.2, 0.25) is 11.8 Å². The highest BCUT2D eigenvalue weighted by Crippen LogP contribution is 2.05. The molecule has 0 bridgehead atoms. The molecule has 6 heteroatoms. The molecule has 25 heavy (non-hydrogen) atoms. The minimum Gasteiger partial charge on any atom is -0.367 e. The lowest BCUT2D eigenvalue weighted by atomic mass is 10.2. The van der Waals surface area contributed by atoms with Crippen LogP contribution in [0.15, 0.2) is 30.3 Å². The van der Waals surface area contributed by atoms with Gasteiger partial charge in [0.1, 0.15) is 6.61 Å². The largest absolute Gasteiger partial charge is 0.367 e. The van der Waals surface area contributed by atoms with Crippen LogP contribution < -0.4 is 5.32 Å². The van der Waals surface area contributed by atoms with Gasteiger partial charge in [-0.15, -0.1) is 6.42 Å². The Hall–Kier alpha value is -2.36. The van der Waals surface area contributed by atoms with E-state index >= 15 is 0 Å². The summed E-state index contributed by atoms with van der Waals surface area (Å²) >= 11 is 0. The highest BCUT2D eigenvalue weighted by atomic mass is 16.5. The summed E-state index contributed by atoms with van der Waals surface area (Å²) in [6.07, 6.45) is 5.97. The van der Waals surface area contributed by atoms with E-state index in [0.717, 1.165) is 18.5 Å². The molecule has 6 nitrogen and oxygen atoms in total. The van der Waals surface area contributed by atoms with Crippen molar-refractivity contribution in [2.24, 2.45) is 0 Å². The maximum absolute atomic E-state index is 12.3. The zero-order valence-corrected chi connectivity index (χ0v) is 14.4. The first kappa shape index (κ1) is 19.0. The molecule has 1 aliphatic rings. The smallest absolute Gasteiger partial charge is 0.248 e. The van der Waals surface area contributed by atoms with Gasteiger partial charge in [-0.25, -0.2) is 0 Å². The van der Waals surface area contributed by atoms with Crippen LogP contribution in [0.5, 0.6) is 0 Å². The molecule has 2 amide bonds. The van der Waals surface area contributed by atoms with Crippen LogP contribution in [0.4, 0.5) is 0 Å². The number of hydrogen-bond acceptors (Lipinski definition) is 4. The molecule has 0 unspecified atom stereocenters. The average Bonchev–Trinajstić information content (AvgIpc) is 2.86. The Morgan fingerprint density at radius 1 is 1.16 bits per heavy atom. The van der Waals surface area contributed by atoms with E-state index in [4.69, 9.17) is 11.2 Å². The monoisotopic (exact) mass is 343 g/mol. The van der Waals surface area contributed by atoms with Crippen molar-refractivity contribution < 1.29 is 14.3 Å². The van der Waals surface area contributed by atoms with Gasteiger partial charge in [-0.2, -0.15) is 0 Å². The molecule has 1 heterocycles. The van der Waals surface area contributed by atoms with Crippen LogP contribution in [0.1, 0.15) is 12.0 Å². The lowest BCUT2D eigenvalue weighted by molar-refractivity contribution is -0.136. The Bertz CT molecular complexity index is 598. The molecule has 1 saturated heterocycles. The standard InChI is InChI=1S/C19H25N3O3/c1-2-9-20-18(23)14-21-10-6-11-22(13-12-21)19(24)16-25-15-17-7-4-3-5-8-17/h1,3-5,7-8H,6,9-16H2,(H,20,23). The fourth-order valence-electron chi connectivity index (χ4n) is 2.71. The third-order valence-electron chi connectivity index (χ3n) is 4.03. The van der Waals surface area contributed by atoms with E-state index in [2.05, 4.69) is 11.2 Å². The molecular formula is C19H25N3O3. The predicted molar refractivity (Wildman–Crippen MR) is 95.6 cm³/mol. The SMILES string of the molecule is C#CCNC(=O)CN1CCCN(C(=O)COCc2ccccc2)CC1. The van der Waals surface area contributed by atoms with E-state index in [1.54, 1.807) is 0 Å². The third kappa shape index (κ3) is 6.96. The molecule has 1 N–H and O–H groups in total. The number of hydrogen-bond donors (Lipinski definition) is 1. The first-order valence-corrected chi connectivity index (χ1v) is 8.51. The second-order valence-corrected chi connectivity index (χ2v) is 5.97. The van der Waals surface area contributed by atoms with Crippen molar-refractivity contribution in [3.05, 3.63) is 35.9 Å². The van der Waals surface area contributed by atoms with E-state index in [0.29, 0.717) is 32.8 Å². The number of benzene rings is 1. The summed E-state index contributed by atoms with van der Waals surface area (Å²) in [4.78, 5) is 27.9. The van der Waals surface area contributed by atoms with Gasteiger partial charge >= 0.3 is 0 Å². The summed E-state index contributed by atoms with van der Waals surface area (Å²) in [5, 5.41) is 2.66. The molecule has 1 fully saturated rings. The predicted octanol–water partition coefficient (Wildman–Crippen LogP) is 0.487. The fourth-order valence-corrected chi connectivity index (χ4v) is 2.71. The topological polar surface area (TPSA) is 61.9 Å². The highest BCUT2D eigenvalue weighted by molar-refractivity contribution is 5.78. The number of terminal acetylenes is 1. The first-order chi connectivity index (χ1) is 12.2. The maximum atomic E-state index is 12.3. The number of nitrogens with one attached hydrogen (secondary N) is 1. The van der Waals surface area contributed by atoms with Crippen molar-refractivity contribution in [2.45, 2.75) is 13.0 Å². The van der Waals surface area contributed by atoms with Crippen LogP contribution in [-0.4, -0.2) is 67.5 Å². The summed E-state index contributed by atoms with van der Waals surface area (Å²) in [7, 11) is 0. The Balaban J connectivity index is 1.69. The molecule has 1 aromatic rings. The number of carbonyl (C=O) groups is 2. The summed E-state index contributed by atoms with van der Waals surface area (Å²) in [6, 6.07) is 9.79. The summed E-state index contributed by atoms with van der Waals surface area (Å²) < 4.78 is 5.52. The number of carbonyl (C=O) groups excluding carboxylic acids is 2. The van der Waals surface area contributed by atoms with E-state index in [1.807, 2.05) is 40.1 Å². The van der Waals surface area contributed by atoms with E-state index in [-0.39, 0.29) is 25.0 Å². The Morgan fingerprint density at radius 2 is 1.96 bits per heavy atom. The van der Waals surface area contributed by atoms with Crippen molar-refractivity contribution in [3.63, 3.8) is 0 Å². The third-order valence-corrected chi connectivity index (χ3v) is 4.03. The lowest BCUT2D eigenvalue weighted by Crippen LogP contribution is -2.40. The van der Waals surface area contributed by atoms with Crippen LogP contribution in [-0.2, 0) is 20.9 Å². The molecule has 134 valence electrons. The van der Waals surface area contributed by atoms with Crippen molar-refractivity contribution in [1.29, 1.82) is 0 Å². The second kappa shape index (κ2) is 10.5. The van der Waals surface area contributed by atoms with Gasteiger partial charge in [-0.05, 0) is 12.0 Å². The zero-order chi connectivity index (χ0) is 17.9. The molecule has 1 aliphatic heterocycles. The molecule has 1 aromatic carbocycles. The molecule has 2 rings (SSSR count). The molecule has 0 radical (unpaired) electrons.